The second-order valence-corrected chi connectivity index (χ2v) is 8.56. The van der Waals surface area contributed by atoms with Crippen molar-refractivity contribution < 1.29 is 13.9 Å². The summed E-state index contributed by atoms with van der Waals surface area (Å²) in [6.07, 6.45) is 0. The fraction of sp³-hybridized carbons (Fsp3) is 0.409. The van der Waals surface area contributed by atoms with E-state index in [2.05, 4.69) is 52.9 Å². The molecule has 0 aliphatic heterocycles. The molecule has 3 nitrogen and oxygen atoms in total. The van der Waals surface area contributed by atoms with E-state index in [1.807, 2.05) is 12.1 Å². The number of carbonyl (C=O) groups excluding carboxylic acids is 1. The van der Waals surface area contributed by atoms with Crippen molar-refractivity contribution >= 4 is 11.6 Å². The Morgan fingerprint density at radius 3 is 2.27 bits per heavy atom. The maximum absolute atomic E-state index is 13.2. The minimum atomic E-state index is -0.392. The highest BCUT2D eigenvalue weighted by molar-refractivity contribution is 5.91. The number of nitrogens with one attached hydrogen (secondary N) is 1. The molecule has 0 spiro atoms. The van der Waals surface area contributed by atoms with Gasteiger partial charge in [0.05, 0.1) is 0 Å². The van der Waals surface area contributed by atoms with Crippen LogP contribution >= 0.6 is 0 Å². The van der Waals surface area contributed by atoms with Crippen molar-refractivity contribution in [1.29, 1.82) is 0 Å². The van der Waals surface area contributed by atoms with Gasteiger partial charge in [0, 0.05) is 5.69 Å². The zero-order chi connectivity index (χ0) is 19.5. The summed E-state index contributed by atoms with van der Waals surface area (Å²) in [5.41, 5.74) is 2.61. The monoisotopic (exact) mass is 357 g/mol. The molecule has 0 unspecified atom stereocenters. The molecule has 1 N–H and O–H groups in total. The van der Waals surface area contributed by atoms with Crippen LogP contribution in [0.25, 0.3) is 0 Å². The summed E-state index contributed by atoms with van der Waals surface area (Å²) in [7, 11) is 0. The van der Waals surface area contributed by atoms with Crippen LogP contribution in [0.5, 0.6) is 5.75 Å². The number of benzene rings is 2. The van der Waals surface area contributed by atoms with Crippen LogP contribution < -0.4 is 10.1 Å². The van der Waals surface area contributed by atoms with Gasteiger partial charge in [-0.15, -0.1) is 0 Å². The third-order valence-corrected chi connectivity index (χ3v) is 4.12. The molecule has 0 saturated heterocycles. The highest BCUT2D eigenvalue weighted by Gasteiger charge is 2.23. The van der Waals surface area contributed by atoms with Gasteiger partial charge in [-0.1, -0.05) is 59.7 Å². The van der Waals surface area contributed by atoms with E-state index in [4.69, 9.17) is 4.74 Å². The van der Waals surface area contributed by atoms with Crippen LogP contribution in [0.15, 0.2) is 42.5 Å². The van der Waals surface area contributed by atoms with Crippen LogP contribution in [-0.2, 0) is 15.6 Å². The zero-order valence-electron chi connectivity index (χ0n) is 16.4. The Morgan fingerprint density at radius 1 is 1.00 bits per heavy atom. The maximum Gasteiger partial charge on any atom is 0.262 e. The lowest BCUT2D eigenvalue weighted by molar-refractivity contribution is -0.118. The molecule has 2 aromatic rings. The van der Waals surface area contributed by atoms with Gasteiger partial charge in [-0.3, -0.25) is 4.79 Å². The number of anilines is 1. The molecule has 0 heterocycles. The third-order valence-electron chi connectivity index (χ3n) is 4.12. The van der Waals surface area contributed by atoms with Crippen molar-refractivity contribution in [3.05, 3.63) is 59.4 Å². The molecule has 2 aromatic carbocycles. The molecule has 0 fully saturated rings. The number of carbonyl (C=O) groups is 1. The lowest BCUT2D eigenvalue weighted by Gasteiger charge is -2.27. The summed E-state index contributed by atoms with van der Waals surface area (Å²) < 4.78 is 19.0. The van der Waals surface area contributed by atoms with Gasteiger partial charge in [0.15, 0.2) is 6.61 Å². The Kier molecular flexibility index (Phi) is 5.74. The van der Waals surface area contributed by atoms with Crippen molar-refractivity contribution in [2.24, 2.45) is 0 Å². The number of ether oxygens (including phenoxy) is 1. The van der Waals surface area contributed by atoms with Gasteiger partial charge in [-0.2, -0.15) is 0 Å². The van der Waals surface area contributed by atoms with E-state index < -0.39 is 5.82 Å². The molecule has 2 rings (SSSR count). The van der Waals surface area contributed by atoms with E-state index in [0.29, 0.717) is 11.4 Å². The van der Waals surface area contributed by atoms with Gasteiger partial charge in [-0.25, -0.2) is 4.39 Å². The SMILES string of the molecule is CC(C)(C)c1ccc(OCC(=O)Nc2cccc(F)c2)c(C(C)(C)C)c1. The van der Waals surface area contributed by atoms with Gasteiger partial charge in [0.2, 0.25) is 0 Å². The van der Waals surface area contributed by atoms with Crippen LogP contribution in [0.3, 0.4) is 0 Å². The van der Waals surface area contributed by atoms with Crippen molar-refractivity contribution in [3.63, 3.8) is 0 Å². The quantitative estimate of drug-likeness (QED) is 0.791. The predicted octanol–water partition coefficient (Wildman–Crippen LogP) is 5.44. The Morgan fingerprint density at radius 2 is 1.69 bits per heavy atom. The van der Waals surface area contributed by atoms with Crippen LogP contribution in [-0.4, -0.2) is 12.5 Å². The average molecular weight is 357 g/mol. The third kappa shape index (κ3) is 5.32. The topological polar surface area (TPSA) is 38.3 Å². The lowest BCUT2D eigenvalue weighted by Crippen LogP contribution is -2.22. The molecule has 0 saturated carbocycles. The molecule has 0 bridgehead atoms. The number of hydrogen-bond donors (Lipinski definition) is 1. The number of rotatable bonds is 4. The van der Waals surface area contributed by atoms with Gasteiger partial charge in [0.1, 0.15) is 11.6 Å². The highest BCUT2D eigenvalue weighted by Crippen LogP contribution is 2.35. The second-order valence-electron chi connectivity index (χ2n) is 8.56. The first-order chi connectivity index (χ1) is 12.0. The van der Waals surface area contributed by atoms with Gasteiger partial charge >= 0.3 is 0 Å². The van der Waals surface area contributed by atoms with E-state index in [-0.39, 0.29) is 23.3 Å². The molecular weight excluding hydrogens is 329 g/mol. The number of amides is 1. The van der Waals surface area contributed by atoms with E-state index in [0.717, 1.165) is 5.56 Å². The molecule has 26 heavy (non-hydrogen) atoms. The predicted molar refractivity (Wildman–Crippen MR) is 104 cm³/mol. The Bertz CT molecular complexity index is 785. The summed E-state index contributed by atoms with van der Waals surface area (Å²) in [6.45, 7) is 12.7. The summed E-state index contributed by atoms with van der Waals surface area (Å²) in [4.78, 5) is 12.1. The fourth-order valence-corrected chi connectivity index (χ4v) is 2.62. The largest absolute Gasteiger partial charge is 0.483 e. The summed E-state index contributed by atoms with van der Waals surface area (Å²) in [5.74, 6) is -0.0215. The average Bonchev–Trinajstić information content (AvgIpc) is 2.51. The Labute approximate surface area is 155 Å². The van der Waals surface area contributed by atoms with E-state index in [9.17, 15) is 9.18 Å². The fourth-order valence-electron chi connectivity index (χ4n) is 2.62. The van der Waals surface area contributed by atoms with Crippen molar-refractivity contribution in [3.8, 4) is 5.75 Å². The first-order valence-corrected chi connectivity index (χ1v) is 8.80. The summed E-state index contributed by atoms with van der Waals surface area (Å²) in [6, 6.07) is 11.9. The van der Waals surface area contributed by atoms with E-state index in [1.54, 1.807) is 12.1 Å². The zero-order valence-corrected chi connectivity index (χ0v) is 16.4. The maximum atomic E-state index is 13.2. The van der Waals surface area contributed by atoms with Crippen LogP contribution in [0.1, 0.15) is 52.7 Å². The Hall–Kier alpha value is -2.36. The van der Waals surface area contributed by atoms with E-state index >= 15 is 0 Å². The second kappa shape index (κ2) is 7.48. The lowest BCUT2D eigenvalue weighted by atomic mass is 9.80. The van der Waals surface area contributed by atoms with Crippen molar-refractivity contribution in [1.82, 2.24) is 0 Å². The van der Waals surface area contributed by atoms with E-state index in [1.165, 1.54) is 17.7 Å². The van der Waals surface area contributed by atoms with Crippen LogP contribution in [0.2, 0.25) is 0 Å². The minimum Gasteiger partial charge on any atom is -0.483 e. The standard InChI is InChI=1S/C22H28FNO2/c1-21(2,3)15-10-11-19(18(12-15)22(4,5)6)26-14-20(25)24-17-9-7-8-16(23)13-17/h7-13H,14H2,1-6H3,(H,24,25). The molecule has 0 aromatic heterocycles. The van der Waals surface area contributed by atoms with Crippen LogP contribution in [0.4, 0.5) is 10.1 Å². The van der Waals surface area contributed by atoms with Crippen LogP contribution in [0, 0.1) is 5.82 Å². The molecule has 0 radical (unpaired) electrons. The van der Waals surface area contributed by atoms with Gasteiger partial charge in [-0.05, 0) is 46.2 Å². The first-order valence-electron chi connectivity index (χ1n) is 8.80. The minimum absolute atomic E-state index is 0.0350. The molecule has 1 amide bonds. The van der Waals surface area contributed by atoms with Gasteiger partial charge < -0.3 is 10.1 Å². The number of hydrogen-bond acceptors (Lipinski definition) is 2. The Balaban J connectivity index is 2.14. The van der Waals surface area contributed by atoms with Gasteiger partial charge in [0.25, 0.3) is 5.91 Å². The first kappa shape index (κ1) is 20.0. The number of halogens is 1. The normalized spacial score (nSPS) is 12.0. The molecule has 140 valence electrons. The van der Waals surface area contributed by atoms with Crippen molar-refractivity contribution in [2.45, 2.75) is 52.4 Å². The van der Waals surface area contributed by atoms with Crippen molar-refractivity contribution in [2.75, 3.05) is 11.9 Å². The smallest absolute Gasteiger partial charge is 0.262 e. The molecule has 4 heteroatoms. The molecular formula is C22H28FNO2. The summed E-state index contributed by atoms with van der Waals surface area (Å²) in [5, 5.41) is 2.64. The molecule has 0 aliphatic rings. The molecule has 0 aliphatic carbocycles. The summed E-state index contributed by atoms with van der Waals surface area (Å²) >= 11 is 0. The highest BCUT2D eigenvalue weighted by atomic mass is 19.1. The molecule has 0 atom stereocenters.